The van der Waals surface area contributed by atoms with Crippen molar-refractivity contribution in [1.29, 1.82) is 5.26 Å². The first-order valence-corrected chi connectivity index (χ1v) is 5.90. The van der Waals surface area contributed by atoms with Crippen LogP contribution in [0.3, 0.4) is 0 Å². The Balaban J connectivity index is 2.59. The Morgan fingerprint density at radius 2 is 1.50 bits per heavy atom. The molecule has 0 atom stereocenters. The van der Waals surface area contributed by atoms with Crippen molar-refractivity contribution in [1.82, 2.24) is 0 Å². The van der Waals surface area contributed by atoms with Crippen molar-refractivity contribution < 1.29 is 27.1 Å². The number of carbonyl (C=O) groups is 1. The molecule has 0 aliphatic heterocycles. The molecular formula is C15H7F4NO2. The second kappa shape index (κ2) is 5.85. The molecule has 112 valence electrons. The van der Waals surface area contributed by atoms with E-state index in [0.717, 1.165) is 6.92 Å². The van der Waals surface area contributed by atoms with E-state index in [1.54, 1.807) is 0 Å². The summed E-state index contributed by atoms with van der Waals surface area (Å²) in [5, 5.41) is 8.56. The summed E-state index contributed by atoms with van der Waals surface area (Å²) in [5.74, 6) is -5.96. The fraction of sp³-hybridized carbons (Fsp3) is 0.0667. The van der Waals surface area contributed by atoms with E-state index in [4.69, 9.17) is 5.26 Å². The summed E-state index contributed by atoms with van der Waals surface area (Å²) in [7, 11) is 0. The number of nitrogens with zero attached hydrogens (tertiary/aromatic N) is 1. The molecule has 0 aliphatic carbocycles. The molecule has 0 saturated heterocycles. The van der Waals surface area contributed by atoms with E-state index in [1.165, 1.54) is 6.07 Å². The Morgan fingerprint density at radius 1 is 1.00 bits per heavy atom. The fourth-order valence-corrected chi connectivity index (χ4v) is 1.87. The zero-order chi connectivity index (χ0) is 16.4. The highest BCUT2D eigenvalue weighted by atomic mass is 19.1. The molecule has 7 heteroatoms. The average Bonchev–Trinajstić information content (AvgIpc) is 2.36. The maximum absolute atomic E-state index is 14.0. The summed E-state index contributed by atoms with van der Waals surface area (Å²) >= 11 is 0. The van der Waals surface area contributed by atoms with Gasteiger partial charge in [-0.1, -0.05) is 0 Å². The summed E-state index contributed by atoms with van der Waals surface area (Å²) in [4.78, 5) is 10.8. The third-order valence-corrected chi connectivity index (χ3v) is 2.72. The first-order chi connectivity index (χ1) is 10.3. The maximum atomic E-state index is 14.0. The van der Waals surface area contributed by atoms with E-state index in [2.05, 4.69) is 4.74 Å². The van der Waals surface area contributed by atoms with Gasteiger partial charge in [0.2, 0.25) is 0 Å². The number of ether oxygens (including phenoxy) is 1. The molecule has 0 aromatic heterocycles. The van der Waals surface area contributed by atoms with Crippen LogP contribution in [0.5, 0.6) is 5.75 Å². The van der Waals surface area contributed by atoms with Crippen LogP contribution in [-0.2, 0) is 4.79 Å². The molecule has 0 aliphatic rings. The molecule has 2 rings (SSSR count). The van der Waals surface area contributed by atoms with E-state index in [1.807, 2.05) is 0 Å². The van der Waals surface area contributed by atoms with Crippen LogP contribution in [0.25, 0.3) is 11.1 Å². The van der Waals surface area contributed by atoms with Crippen molar-refractivity contribution in [2.24, 2.45) is 0 Å². The van der Waals surface area contributed by atoms with E-state index in [-0.39, 0.29) is 5.75 Å². The lowest BCUT2D eigenvalue weighted by molar-refractivity contribution is -0.131. The Hall–Kier alpha value is -2.88. The van der Waals surface area contributed by atoms with Gasteiger partial charge in [0.1, 0.15) is 40.7 Å². The Kier molecular flexibility index (Phi) is 4.13. The van der Waals surface area contributed by atoms with Crippen molar-refractivity contribution in [3.05, 3.63) is 53.1 Å². The number of rotatable bonds is 2. The molecule has 0 fully saturated rings. The Labute approximate surface area is 122 Å². The second-order valence-electron chi connectivity index (χ2n) is 4.28. The largest absolute Gasteiger partial charge is 0.427 e. The lowest BCUT2D eigenvalue weighted by Crippen LogP contribution is -2.03. The zero-order valence-electron chi connectivity index (χ0n) is 11.1. The van der Waals surface area contributed by atoms with Crippen LogP contribution < -0.4 is 4.74 Å². The van der Waals surface area contributed by atoms with Gasteiger partial charge in [-0.2, -0.15) is 5.26 Å². The van der Waals surface area contributed by atoms with Crippen molar-refractivity contribution in [3.63, 3.8) is 0 Å². The van der Waals surface area contributed by atoms with Gasteiger partial charge < -0.3 is 4.74 Å². The first kappa shape index (κ1) is 15.5. The normalized spacial score (nSPS) is 10.2. The lowest BCUT2D eigenvalue weighted by atomic mass is 10.0. The van der Waals surface area contributed by atoms with Gasteiger partial charge in [-0.3, -0.25) is 4.79 Å². The molecule has 0 heterocycles. The highest BCUT2D eigenvalue weighted by Crippen LogP contribution is 2.31. The molecule has 2 aromatic rings. The molecule has 0 radical (unpaired) electrons. The molecule has 2 aromatic carbocycles. The van der Waals surface area contributed by atoms with Gasteiger partial charge in [0.25, 0.3) is 0 Å². The molecule has 0 N–H and O–H groups in total. The molecule has 0 spiro atoms. The number of nitriles is 1. The molecule has 0 bridgehead atoms. The Morgan fingerprint density at radius 3 is 1.91 bits per heavy atom. The third kappa shape index (κ3) is 2.91. The SMILES string of the molecule is CC(=O)Oc1cc(F)c(-c2cc(F)c(C#N)c(F)c2)c(F)c1. The molecule has 22 heavy (non-hydrogen) atoms. The van der Waals surface area contributed by atoms with E-state index >= 15 is 0 Å². The fourth-order valence-electron chi connectivity index (χ4n) is 1.87. The third-order valence-electron chi connectivity index (χ3n) is 2.72. The van der Waals surface area contributed by atoms with Crippen LogP contribution in [0.2, 0.25) is 0 Å². The minimum Gasteiger partial charge on any atom is -0.427 e. The van der Waals surface area contributed by atoms with Gasteiger partial charge in [-0.25, -0.2) is 17.6 Å². The van der Waals surface area contributed by atoms with Crippen LogP contribution in [0, 0.1) is 34.6 Å². The van der Waals surface area contributed by atoms with Crippen LogP contribution in [0.4, 0.5) is 17.6 Å². The van der Waals surface area contributed by atoms with Crippen LogP contribution in [0.1, 0.15) is 12.5 Å². The van der Waals surface area contributed by atoms with Crippen molar-refractivity contribution in [3.8, 4) is 22.9 Å². The molecule has 0 amide bonds. The Bertz CT molecular complexity index is 766. The quantitative estimate of drug-likeness (QED) is 0.483. The monoisotopic (exact) mass is 309 g/mol. The molecular weight excluding hydrogens is 302 g/mol. The number of carbonyl (C=O) groups excluding carboxylic acids is 1. The average molecular weight is 309 g/mol. The van der Waals surface area contributed by atoms with E-state index in [0.29, 0.717) is 24.3 Å². The summed E-state index contributed by atoms with van der Waals surface area (Å²) in [5.41, 5.74) is -1.96. The highest BCUT2D eigenvalue weighted by molar-refractivity contribution is 5.71. The number of esters is 1. The lowest BCUT2D eigenvalue weighted by Gasteiger charge is -2.09. The summed E-state index contributed by atoms with van der Waals surface area (Å²) in [6, 6.07) is 4.03. The minimum absolute atomic E-state index is 0.374. The first-order valence-electron chi connectivity index (χ1n) is 5.90. The second-order valence-corrected chi connectivity index (χ2v) is 4.28. The topological polar surface area (TPSA) is 50.1 Å². The van der Waals surface area contributed by atoms with Gasteiger partial charge in [-0.05, 0) is 17.7 Å². The van der Waals surface area contributed by atoms with Gasteiger partial charge in [0.05, 0.1) is 5.56 Å². The smallest absolute Gasteiger partial charge is 0.308 e. The van der Waals surface area contributed by atoms with Crippen molar-refractivity contribution in [2.75, 3.05) is 0 Å². The summed E-state index contributed by atoms with van der Waals surface area (Å²) < 4.78 is 59.5. The van der Waals surface area contributed by atoms with Gasteiger partial charge >= 0.3 is 5.97 Å². The predicted octanol–water partition coefficient (Wildman–Crippen LogP) is 3.71. The minimum atomic E-state index is -1.24. The van der Waals surface area contributed by atoms with E-state index < -0.39 is 45.9 Å². The van der Waals surface area contributed by atoms with E-state index in [9.17, 15) is 22.4 Å². The predicted molar refractivity (Wildman–Crippen MR) is 67.7 cm³/mol. The number of benzene rings is 2. The van der Waals surface area contributed by atoms with Crippen molar-refractivity contribution >= 4 is 5.97 Å². The number of hydrogen-bond donors (Lipinski definition) is 0. The molecule has 3 nitrogen and oxygen atoms in total. The van der Waals surface area contributed by atoms with Gasteiger partial charge in [-0.15, -0.1) is 0 Å². The zero-order valence-corrected chi connectivity index (χ0v) is 11.1. The number of hydrogen-bond acceptors (Lipinski definition) is 3. The molecule has 0 unspecified atom stereocenters. The van der Waals surface area contributed by atoms with Gasteiger partial charge in [0.15, 0.2) is 0 Å². The van der Waals surface area contributed by atoms with Crippen molar-refractivity contribution in [2.45, 2.75) is 6.92 Å². The van der Waals surface area contributed by atoms with Gasteiger partial charge in [0, 0.05) is 19.1 Å². The maximum Gasteiger partial charge on any atom is 0.308 e. The standard InChI is InChI=1S/C15H7F4NO2/c1-7(21)22-9-4-13(18)15(14(19)5-9)8-2-11(16)10(6-20)12(17)3-8/h2-5H,1H3. The van der Waals surface area contributed by atoms with Crippen LogP contribution in [0.15, 0.2) is 24.3 Å². The molecule has 0 saturated carbocycles. The van der Waals surface area contributed by atoms with Crippen LogP contribution in [-0.4, -0.2) is 5.97 Å². The summed E-state index contributed by atoms with van der Waals surface area (Å²) in [6.45, 7) is 1.05. The summed E-state index contributed by atoms with van der Waals surface area (Å²) in [6.07, 6.45) is 0. The van der Waals surface area contributed by atoms with Crippen LogP contribution >= 0.6 is 0 Å². The number of halogens is 4. The highest BCUT2D eigenvalue weighted by Gasteiger charge is 2.19.